The van der Waals surface area contributed by atoms with Gasteiger partial charge in [0, 0.05) is 21.9 Å². The SMILES string of the molecule is O=[N+]([O-])c1ccc2ccc3ccc(Cl)c4ccc1c2c34. The van der Waals surface area contributed by atoms with Gasteiger partial charge in [0.1, 0.15) is 0 Å². The Hall–Kier alpha value is -2.39. The third-order valence-electron chi connectivity index (χ3n) is 3.79. The van der Waals surface area contributed by atoms with Gasteiger partial charge in [-0.05, 0) is 34.4 Å². The molecule has 4 aromatic rings. The van der Waals surface area contributed by atoms with Crippen molar-refractivity contribution in [3.05, 3.63) is 63.7 Å². The lowest BCUT2D eigenvalue weighted by atomic mass is 9.93. The molecule has 0 aliphatic carbocycles. The zero-order valence-electron chi connectivity index (χ0n) is 10.3. The highest BCUT2D eigenvalue weighted by atomic mass is 35.5. The maximum atomic E-state index is 11.2. The number of benzene rings is 4. The van der Waals surface area contributed by atoms with Crippen LogP contribution in [0.4, 0.5) is 5.69 Å². The van der Waals surface area contributed by atoms with Gasteiger partial charge in [-0.1, -0.05) is 35.9 Å². The van der Waals surface area contributed by atoms with E-state index in [9.17, 15) is 10.1 Å². The van der Waals surface area contributed by atoms with E-state index in [1.165, 1.54) is 0 Å². The van der Waals surface area contributed by atoms with Crippen LogP contribution in [0.3, 0.4) is 0 Å². The van der Waals surface area contributed by atoms with E-state index in [2.05, 4.69) is 0 Å². The molecule has 0 N–H and O–H groups in total. The van der Waals surface area contributed by atoms with Crippen molar-refractivity contribution in [2.75, 3.05) is 0 Å². The average molecular weight is 282 g/mol. The van der Waals surface area contributed by atoms with Crippen molar-refractivity contribution in [1.82, 2.24) is 0 Å². The van der Waals surface area contributed by atoms with Crippen LogP contribution < -0.4 is 0 Å². The highest BCUT2D eigenvalue weighted by molar-refractivity contribution is 6.38. The van der Waals surface area contributed by atoms with Crippen LogP contribution >= 0.6 is 11.6 Å². The second-order valence-corrected chi connectivity index (χ2v) is 5.22. The molecule has 3 nitrogen and oxygen atoms in total. The monoisotopic (exact) mass is 281 g/mol. The van der Waals surface area contributed by atoms with Crippen LogP contribution in [0, 0.1) is 10.1 Å². The summed E-state index contributed by atoms with van der Waals surface area (Å²) in [5.74, 6) is 0. The Bertz CT molecular complexity index is 994. The van der Waals surface area contributed by atoms with Crippen molar-refractivity contribution in [3.63, 3.8) is 0 Å². The number of hydrogen-bond donors (Lipinski definition) is 0. The van der Waals surface area contributed by atoms with Crippen LogP contribution in [0.15, 0.2) is 48.5 Å². The van der Waals surface area contributed by atoms with Crippen molar-refractivity contribution in [2.24, 2.45) is 0 Å². The van der Waals surface area contributed by atoms with Crippen molar-refractivity contribution in [2.45, 2.75) is 0 Å². The molecular weight excluding hydrogens is 274 g/mol. The maximum Gasteiger partial charge on any atom is 0.277 e. The zero-order chi connectivity index (χ0) is 13.9. The Morgan fingerprint density at radius 1 is 0.800 bits per heavy atom. The molecule has 0 bridgehead atoms. The molecule has 0 saturated heterocycles. The number of nitro groups is 1. The van der Waals surface area contributed by atoms with Gasteiger partial charge >= 0.3 is 0 Å². The fourth-order valence-corrected chi connectivity index (χ4v) is 3.13. The number of halogens is 1. The summed E-state index contributed by atoms with van der Waals surface area (Å²) < 4.78 is 0. The minimum Gasteiger partial charge on any atom is -0.258 e. The Labute approximate surface area is 118 Å². The molecule has 0 saturated carbocycles. The van der Waals surface area contributed by atoms with E-state index < -0.39 is 0 Å². The molecule has 4 heteroatoms. The molecule has 0 aromatic heterocycles. The summed E-state index contributed by atoms with van der Waals surface area (Å²) in [6.07, 6.45) is 0. The third-order valence-corrected chi connectivity index (χ3v) is 4.11. The highest BCUT2D eigenvalue weighted by Gasteiger charge is 2.17. The Morgan fingerprint density at radius 3 is 2.05 bits per heavy atom. The first-order valence-electron chi connectivity index (χ1n) is 6.17. The lowest BCUT2D eigenvalue weighted by Gasteiger charge is -2.11. The molecule has 0 aliphatic rings. The minimum absolute atomic E-state index is 0.131. The van der Waals surface area contributed by atoms with Crippen LogP contribution in [0.2, 0.25) is 5.02 Å². The zero-order valence-corrected chi connectivity index (χ0v) is 11.0. The molecule has 4 rings (SSSR count). The molecule has 0 aliphatic heterocycles. The quantitative estimate of drug-likeness (QED) is 0.275. The van der Waals surface area contributed by atoms with Gasteiger partial charge in [-0.3, -0.25) is 10.1 Å². The number of nitrogens with zero attached hydrogens (tertiary/aromatic N) is 1. The molecule has 0 fully saturated rings. The number of rotatable bonds is 1. The van der Waals surface area contributed by atoms with Crippen molar-refractivity contribution in [3.8, 4) is 0 Å². The standard InChI is InChI=1S/C16H8ClNO2/c17-13-7-3-9-1-2-10-4-8-14(18(19)20)12-6-5-11(13)15(9)16(10)12/h1-8H. The lowest BCUT2D eigenvalue weighted by Crippen LogP contribution is -1.91. The van der Waals surface area contributed by atoms with Crippen LogP contribution in [0.5, 0.6) is 0 Å². The van der Waals surface area contributed by atoms with Crippen LogP contribution in [0.1, 0.15) is 0 Å². The van der Waals surface area contributed by atoms with E-state index >= 15 is 0 Å². The summed E-state index contributed by atoms with van der Waals surface area (Å²) in [7, 11) is 0. The molecule has 20 heavy (non-hydrogen) atoms. The molecule has 0 heterocycles. The van der Waals surface area contributed by atoms with Gasteiger partial charge in [-0.2, -0.15) is 0 Å². The topological polar surface area (TPSA) is 43.1 Å². The second kappa shape index (κ2) is 3.81. The molecule has 96 valence electrons. The van der Waals surface area contributed by atoms with Crippen LogP contribution in [0.25, 0.3) is 32.3 Å². The van der Waals surface area contributed by atoms with Gasteiger partial charge in [-0.15, -0.1) is 0 Å². The van der Waals surface area contributed by atoms with Gasteiger partial charge in [0.05, 0.1) is 10.3 Å². The fraction of sp³-hybridized carbons (Fsp3) is 0. The Morgan fingerprint density at radius 2 is 1.35 bits per heavy atom. The Balaban J connectivity index is 2.38. The van der Waals surface area contributed by atoms with Crippen LogP contribution in [-0.4, -0.2) is 4.92 Å². The van der Waals surface area contributed by atoms with E-state index in [4.69, 9.17) is 11.6 Å². The fourth-order valence-electron chi connectivity index (χ4n) is 2.91. The molecule has 4 aromatic carbocycles. The third kappa shape index (κ3) is 1.35. The summed E-state index contributed by atoms with van der Waals surface area (Å²) in [5.41, 5.74) is 0.131. The number of nitro benzene ring substituents is 1. The van der Waals surface area contributed by atoms with Crippen molar-refractivity contribution >= 4 is 49.6 Å². The van der Waals surface area contributed by atoms with Crippen molar-refractivity contribution < 1.29 is 4.92 Å². The van der Waals surface area contributed by atoms with E-state index in [0.717, 1.165) is 26.9 Å². The highest BCUT2D eigenvalue weighted by Crippen LogP contribution is 2.40. The molecule has 0 radical (unpaired) electrons. The molecule has 0 spiro atoms. The second-order valence-electron chi connectivity index (χ2n) is 4.81. The van der Waals surface area contributed by atoms with E-state index in [1.54, 1.807) is 18.2 Å². The predicted molar refractivity (Wildman–Crippen MR) is 81.8 cm³/mol. The summed E-state index contributed by atoms with van der Waals surface area (Å²) in [5, 5.41) is 17.4. The van der Waals surface area contributed by atoms with E-state index in [-0.39, 0.29) is 10.6 Å². The normalized spacial score (nSPS) is 11.7. The summed E-state index contributed by atoms with van der Waals surface area (Å²) >= 11 is 6.25. The Kier molecular flexibility index (Phi) is 2.18. The average Bonchev–Trinajstić information content (AvgIpc) is 2.46. The van der Waals surface area contributed by atoms with Gasteiger partial charge in [0.2, 0.25) is 0 Å². The summed E-state index contributed by atoms with van der Waals surface area (Å²) in [4.78, 5) is 10.9. The number of non-ortho nitro benzene ring substituents is 1. The maximum absolute atomic E-state index is 11.2. The lowest BCUT2D eigenvalue weighted by molar-refractivity contribution is -0.383. The van der Waals surface area contributed by atoms with Gasteiger partial charge in [-0.25, -0.2) is 0 Å². The van der Waals surface area contributed by atoms with Gasteiger partial charge < -0.3 is 0 Å². The summed E-state index contributed by atoms with van der Waals surface area (Å²) in [6, 6.07) is 14.8. The van der Waals surface area contributed by atoms with Crippen LogP contribution in [-0.2, 0) is 0 Å². The first kappa shape index (κ1) is 11.4. The van der Waals surface area contributed by atoms with Crippen molar-refractivity contribution in [1.29, 1.82) is 0 Å². The summed E-state index contributed by atoms with van der Waals surface area (Å²) in [6.45, 7) is 0. The molecule has 0 amide bonds. The first-order valence-corrected chi connectivity index (χ1v) is 6.55. The van der Waals surface area contributed by atoms with E-state index in [0.29, 0.717) is 10.4 Å². The first-order chi connectivity index (χ1) is 9.66. The largest absolute Gasteiger partial charge is 0.277 e. The van der Waals surface area contributed by atoms with Gasteiger partial charge in [0.15, 0.2) is 0 Å². The smallest absolute Gasteiger partial charge is 0.258 e. The molecule has 0 atom stereocenters. The van der Waals surface area contributed by atoms with Gasteiger partial charge in [0.25, 0.3) is 5.69 Å². The molecule has 0 unspecified atom stereocenters. The van der Waals surface area contributed by atoms with E-state index in [1.807, 2.05) is 30.3 Å². The number of hydrogen-bond acceptors (Lipinski definition) is 2. The predicted octanol–water partition coefficient (Wildman–Crippen LogP) is 5.15. The molecular formula is C16H8ClNO2. The minimum atomic E-state index is -0.340.